The van der Waals surface area contributed by atoms with Crippen molar-refractivity contribution >= 4 is 57.8 Å². The van der Waals surface area contributed by atoms with E-state index in [0.717, 1.165) is 100 Å². The van der Waals surface area contributed by atoms with Crippen molar-refractivity contribution in [1.29, 1.82) is 0 Å². The van der Waals surface area contributed by atoms with Gasteiger partial charge in [-0.2, -0.15) is 24.9 Å². The molecule has 0 amide bonds. The predicted octanol–water partition coefficient (Wildman–Crippen LogP) is 12.3. The van der Waals surface area contributed by atoms with Gasteiger partial charge in [0.25, 0.3) is 0 Å². The molecule has 0 aromatic heterocycles. The molecule has 0 N–H and O–H groups in total. The normalized spacial score (nSPS) is 25.5. The second-order valence-corrected chi connectivity index (χ2v) is 18.2. The van der Waals surface area contributed by atoms with Crippen molar-refractivity contribution in [1.82, 2.24) is 0 Å². The highest BCUT2D eigenvalue weighted by molar-refractivity contribution is 8.01. The van der Waals surface area contributed by atoms with Crippen molar-refractivity contribution in [3.63, 3.8) is 0 Å². The third-order valence-electron chi connectivity index (χ3n) is 12.8. The molecule has 2 saturated carbocycles. The van der Waals surface area contributed by atoms with Gasteiger partial charge in [0.05, 0.1) is 5.56 Å². The lowest BCUT2D eigenvalue weighted by Crippen LogP contribution is -2.37. The molecule has 1 spiro atoms. The van der Waals surface area contributed by atoms with Crippen LogP contribution in [0.5, 0.6) is 5.75 Å². The number of alkyl halides is 3. The van der Waals surface area contributed by atoms with Gasteiger partial charge in [-0.3, -0.25) is 0 Å². The van der Waals surface area contributed by atoms with Crippen molar-refractivity contribution in [3.8, 4) is 16.9 Å². The van der Waals surface area contributed by atoms with Gasteiger partial charge in [0, 0.05) is 67.6 Å². The summed E-state index contributed by atoms with van der Waals surface area (Å²) in [6.45, 7) is 2.09. The van der Waals surface area contributed by atoms with Crippen LogP contribution in [0.1, 0.15) is 59.1 Å². The summed E-state index contributed by atoms with van der Waals surface area (Å²) >= 11 is 5.45. The average molecular weight is 764 g/mol. The molecule has 4 atom stereocenters. The molecular weight excluding hydrogens is 724 g/mol. The first-order chi connectivity index (χ1) is 25.7. The molecule has 2 bridgehead atoms. The van der Waals surface area contributed by atoms with Crippen LogP contribution in [-0.4, -0.2) is 37.1 Å². The lowest BCUT2D eigenvalue weighted by atomic mass is 9.65. The summed E-state index contributed by atoms with van der Waals surface area (Å²) < 4.78 is 51.0. The number of hydrogen-bond acceptors (Lipinski definition) is 5. The maximum absolute atomic E-state index is 14.5. The number of anilines is 1. The molecule has 5 aromatic carbocycles. The van der Waals surface area contributed by atoms with E-state index in [-0.39, 0.29) is 5.92 Å². The second-order valence-electron chi connectivity index (χ2n) is 15.2. The first-order valence-corrected chi connectivity index (χ1v) is 22.2. The van der Waals surface area contributed by atoms with Crippen molar-refractivity contribution in [2.24, 2.45) is 11.8 Å². The summed E-state index contributed by atoms with van der Waals surface area (Å²) in [7, 11) is 0. The Hall–Kier alpha value is -3.46. The minimum Gasteiger partial charge on any atom is -0.472 e. The highest BCUT2D eigenvalue weighted by atomic mass is 32.2. The van der Waals surface area contributed by atoms with Crippen LogP contribution in [0.3, 0.4) is 0 Å². The van der Waals surface area contributed by atoms with E-state index in [9.17, 15) is 13.2 Å². The Morgan fingerprint density at radius 3 is 2.21 bits per heavy atom. The van der Waals surface area contributed by atoms with E-state index < -0.39 is 22.8 Å². The zero-order chi connectivity index (χ0) is 36.1. The zero-order valence-corrected chi connectivity index (χ0v) is 32.2. The van der Waals surface area contributed by atoms with Gasteiger partial charge in [-0.05, 0) is 114 Å². The van der Waals surface area contributed by atoms with E-state index in [2.05, 4.69) is 90.2 Å². The number of rotatable bonds is 5. The average Bonchev–Trinajstić information content (AvgIpc) is 3.90. The van der Waals surface area contributed by atoms with Crippen molar-refractivity contribution < 1.29 is 17.9 Å². The van der Waals surface area contributed by atoms with Crippen LogP contribution in [0, 0.1) is 11.8 Å². The van der Waals surface area contributed by atoms with Gasteiger partial charge < -0.3 is 9.64 Å². The molecule has 53 heavy (non-hydrogen) atoms. The Balaban J connectivity index is 1.25. The van der Waals surface area contributed by atoms with Gasteiger partial charge in [-0.15, -0.1) is 23.5 Å². The maximum Gasteiger partial charge on any atom is 0.416 e. The van der Waals surface area contributed by atoms with Crippen LogP contribution >= 0.6 is 35.3 Å². The van der Waals surface area contributed by atoms with Crippen LogP contribution in [0.4, 0.5) is 18.9 Å². The van der Waals surface area contributed by atoms with Crippen molar-refractivity contribution in [3.05, 3.63) is 124 Å². The summed E-state index contributed by atoms with van der Waals surface area (Å²) in [6, 6.07) is 28.5. The molecule has 10 rings (SSSR count). The Morgan fingerprint density at radius 1 is 0.830 bits per heavy atom. The minimum absolute atomic E-state index is 0.290. The van der Waals surface area contributed by atoms with Crippen LogP contribution in [0.2, 0.25) is 0 Å². The number of fused-ring (bicyclic) bond motifs is 13. The maximum atomic E-state index is 14.5. The standard InChI is InChI=1S/C45H40F3NOS3/c1-51-38-24-35-36(25-39(38)52-2)42-34(41-40(35)33-15-12-31(45(46,47)48)23-37(33)43(41)26-27-8-9-30(43)22-27)16-17-44(50-42,28-6-4-3-5-7-28)29-10-13-32(14-11-29)49-18-20-53-21-19-49/h3-7,10-17,23-25,27,30H,8-9,18-22,26H2,1-2H3. The van der Waals surface area contributed by atoms with Gasteiger partial charge in [-0.1, -0.05) is 61.0 Å². The quantitative estimate of drug-likeness (QED) is 0.165. The lowest BCUT2D eigenvalue weighted by molar-refractivity contribution is -0.137. The van der Waals surface area contributed by atoms with Crippen molar-refractivity contribution in [2.75, 3.05) is 42.0 Å². The van der Waals surface area contributed by atoms with E-state index >= 15 is 0 Å². The van der Waals surface area contributed by atoms with Crippen LogP contribution in [0.15, 0.2) is 101 Å². The molecule has 4 unspecified atom stereocenters. The van der Waals surface area contributed by atoms with E-state index in [1.165, 1.54) is 33.2 Å². The lowest BCUT2D eigenvalue weighted by Gasteiger charge is -2.41. The summed E-state index contributed by atoms with van der Waals surface area (Å²) in [4.78, 5) is 4.80. The molecule has 270 valence electrons. The van der Waals surface area contributed by atoms with Gasteiger partial charge in [0.15, 0.2) is 5.60 Å². The number of ether oxygens (including phenoxy) is 1. The van der Waals surface area contributed by atoms with E-state index in [0.29, 0.717) is 5.92 Å². The molecule has 1 saturated heterocycles. The molecule has 2 heterocycles. The highest BCUT2D eigenvalue weighted by Crippen LogP contribution is 2.69. The molecule has 3 fully saturated rings. The smallest absolute Gasteiger partial charge is 0.416 e. The third-order valence-corrected chi connectivity index (χ3v) is 15.4. The number of nitrogens with zero attached hydrogens (tertiary/aromatic N) is 1. The topological polar surface area (TPSA) is 12.5 Å². The van der Waals surface area contributed by atoms with Gasteiger partial charge in [-0.25, -0.2) is 0 Å². The number of benzene rings is 5. The van der Waals surface area contributed by atoms with Gasteiger partial charge in [0.2, 0.25) is 0 Å². The summed E-state index contributed by atoms with van der Waals surface area (Å²) in [5, 5.41) is 2.08. The number of thioether (sulfide) groups is 3. The summed E-state index contributed by atoms with van der Waals surface area (Å²) in [6.07, 6.45) is 8.41. The molecule has 8 heteroatoms. The Labute approximate surface area is 322 Å². The Morgan fingerprint density at radius 2 is 1.55 bits per heavy atom. The fraction of sp³-hybridized carbons (Fsp3) is 0.333. The number of halogens is 3. The largest absolute Gasteiger partial charge is 0.472 e. The molecular formula is C45H40F3NOS3. The highest BCUT2D eigenvalue weighted by Gasteiger charge is 2.59. The van der Waals surface area contributed by atoms with E-state index in [4.69, 9.17) is 4.74 Å². The van der Waals surface area contributed by atoms with E-state index in [1.54, 1.807) is 29.6 Å². The fourth-order valence-electron chi connectivity index (χ4n) is 10.5. The monoisotopic (exact) mass is 763 g/mol. The molecule has 5 aromatic rings. The Bertz CT molecular complexity index is 2300. The van der Waals surface area contributed by atoms with Crippen LogP contribution < -0.4 is 9.64 Å². The second kappa shape index (κ2) is 12.5. The fourth-order valence-corrected chi connectivity index (χ4v) is 12.9. The third kappa shape index (κ3) is 5.03. The first-order valence-electron chi connectivity index (χ1n) is 18.6. The Kier molecular flexibility index (Phi) is 8.06. The van der Waals surface area contributed by atoms with Crippen LogP contribution in [0.25, 0.3) is 28.0 Å². The zero-order valence-electron chi connectivity index (χ0n) is 29.8. The molecule has 3 aliphatic carbocycles. The molecule has 5 aliphatic rings. The van der Waals surface area contributed by atoms with Crippen molar-refractivity contribution in [2.45, 2.75) is 52.7 Å². The molecule has 2 nitrogen and oxygen atoms in total. The number of hydrogen-bond donors (Lipinski definition) is 0. The van der Waals surface area contributed by atoms with E-state index in [1.807, 2.05) is 17.8 Å². The molecule has 2 aliphatic heterocycles. The summed E-state index contributed by atoms with van der Waals surface area (Å²) in [5.74, 6) is 3.90. The van der Waals surface area contributed by atoms with Gasteiger partial charge in [0.1, 0.15) is 5.75 Å². The van der Waals surface area contributed by atoms with Gasteiger partial charge >= 0.3 is 6.18 Å². The first kappa shape index (κ1) is 34.1. The molecule has 0 radical (unpaired) electrons. The predicted molar refractivity (Wildman–Crippen MR) is 217 cm³/mol. The van der Waals surface area contributed by atoms with Crippen LogP contribution in [-0.2, 0) is 17.2 Å². The minimum atomic E-state index is -4.41. The SMILES string of the molecule is CSc1cc2c3c(c4c(c2cc1SC)-c1ccc(C(F)(F)F)cc1C41CC2CCC1C2)C=CC(c1ccccc1)(c1ccc(N2CCSCC2)cc1)O3. The summed E-state index contributed by atoms with van der Waals surface area (Å²) in [5.41, 5.74) is 6.50.